The van der Waals surface area contributed by atoms with Crippen LogP contribution in [0, 0.1) is 0 Å². The SMILES string of the molecule is CCS(=O)CCNC1CCOC2(CCSCC2)C1. The third kappa shape index (κ3) is 4.22. The first kappa shape index (κ1) is 14.8. The minimum absolute atomic E-state index is 0.158. The van der Waals surface area contributed by atoms with Crippen LogP contribution in [0.2, 0.25) is 0 Å². The largest absolute Gasteiger partial charge is 0.375 e. The highest BCUT2D eigenvalue weighted by Crippen LogP contribution is 2.37. The molecule has 0 aromatic carbocycles. The molecule has 2 heterocycles. The minimum atomic E-state index is -0.642. The Morgan fingerprint density at radius 1 is 1.44 bits per heavy atom. The van der Waals surface area contributed by atoms with Gasteiger partial charge in [-0.2, -0.15) is 11.8 Å². The highest BCUT2D eigenvalue weighted by molar-refractivity contribution is 7.99. The second-order valence-corrected chi connectivity index (χ2v) is 8.31. The van der Waals surface area contributed by atoms with Crippen LogP contribution in [0.5, 0.6) is 0 Å². The van der Waals surface area contributed by atoms with E-state index in [-0.39, 0.29) is 5.60 Å². The van der Waals surface area contributed by atoms with Crippen molar-refractivity contribution in [2.75, 3.05) is 36.2 Å². The van der Waals surface area contributed by atoms with Crippen LogP contribution in [0.25, 0.3) is 0 Å². The van der Waals surface area contributed by atoms with Gasteiger partial charge in [-0.3, -0.25) is 4.21 Å². The first-order valence-corrected chi connectivity index (χ1v) is 9.68. The van der Waals surface area contributed by atoms with Gasteiger partial charge in [0.15, 0.2) is 0 Å². The molecule has 0 amide bonds. The summed E-state index contributed by atoms with van der Waals surface area (Å²) < 4.78 is 17.5. The summed E-state index contributed by atoms with van der Waals surface area (Å²) in [6.45, 7) is 3.76. The van der Waals surface area contributed by atoms with Gasteiger partial charge in [0.05, 0.1) is 5.60 Å². The molecule has 0 radical (unpaired) electrons. The van der Waals surface area contributed by atoms with E-state index in [4.69, 9.17) is 4.74 Å². The number of nitrogens with one attached hydrogen (secondary N) is 1. The number of rotatable bonds is 5. The molecule has 2 atom stereocenters. The van der Waals surface area contributed by atoms with Gasteiger partial charge in [-0.15, -0.1) is 0 Å². The van der Waals surface area contributed by atoms with Gasteiger partial charge in [-0.1, -0.05) is 6.92 Å². The van der Waals surface area contributed by atoms with Crippen molar-refractivity contribution >= 4 is 22.6 Å². The molecule has 2 aliphatic rings. The highest BCUT2D eigenvalue weighted by atomic mass is 32.2. The maximum absolute atomic E-state index is 11.4. The lowest BCUT2D eigenvalue weighted by Gasteiger charge is -2.43. The topological polar surface area (TPSA) is 38.3 Å². The van der Waals surface area contributed by atoms with Crippen LogP contribution in [0.4, 0.5) is 0 Å². The predicted molar refractivity (Wildman–Crippen MR) is 79.8 cm³/mol. The van der Waals surface area contributed by atoms with E-state index in [0.29, 0.717) is 6.04 Å². The smallest absolute Gasteiger partial charge is 0.0713 e. The van der Waals surface area contributed by atoms with E-state index in [1.807, 2.05) is 18.7 Å². The Morgan fingerprint density at radius 3 is 2.94 bits per heavy atom. The molecule has 1 N–H and O–H groups in total. The van der Waals surface area contributed by atoms with Gasteiger partial charge >= 0.3 is 0 Å². The van der Waals surface area contributed by atoms with E-state index < -0.39 is 10.8 Å². The Hall–Kier alpha value is 0.420. The van der Waals surface area contributed by atoms with Crippen LogP contribution in [-0.2, 0) is 15.5 Å². The molecule has 1 spiro atoms. The fourth-order valence-electron chi connectivity index (χ4n) is 2.82. The number of hydrogen-bond acceptors (Lipinski definition) is 4. The summed E-state index contributed by atoms with van der Waals surface area (Å²) in [7, 11) is -0.642. The van der Waals surface area contributed by atoms with E-state index in [0.717, 1.165) is 37.5 Å². The fraction of sp³-hybridized carbons (Fsp3) is 1.00. The van der Waals surface area contributed by atoms with Crippen LogP contribution < -0.4 is 5.32 Å². The average molecular weight is 291 g/mol. The van der Waals surface area contributed by atoms with E-state index >= 15 is 0 Å². The molecular weight excluding hydrogens is 266 g/mol. The van der Waals surface area contributed by atoms with Crippen LogP contribution >= 0.6 is 11.8 Å². The molecule has 0 bridgehead atoms. The van der Waals surface area contributed by atoms with Crippen molar-refractivity contribution in [1.82, 2.24) is 5.32 Å². The van der Waals surface area contributed by atoms with Crippen molar-refractivity contribution < 1.29 is 8.95 Å². The molecule has 3 nitrogen and oxygen atoms in total. The lowest BCUT2D eigenvalue weighted by molar-refractivity contribution is -0.0929. The zero-order valence-electron chi connectivity index (χ0n) is 11.3. The molecule has 0 saturated carbocycles. The van der Waals surface area contributed by atoms with Crippen molar-refractivity contribution in [1.29, 1.82) is 0 Å². The highest BCUT2D eigenvalue weighted by Gasteiger charge is 2.38. The molecule has 18 heavy (non-hydrogen) atoms. The number of thioether (sulfide) groups is 1. The Kier molecular flexibility index (Phi) is 5.98. The van der Waals surface area contributed by atoms with Gasteiger partial charge in [0.25, 0.3) is 0 Å². The standard InChI is InChI=1S/C13H25NO2S2/c1-2-18(15)10-6-14-12-3-7-16-13(11-12)4-8-17-9-5-13/h12,14H,2-11H2,1H3. The fourth-order valence-corrected chi connectivity index (χ4v) is 4.69. The Labute approximate surface area is 117 Å². The molecule has 2 aliphatic heterocycles. The van der Waals surface area contributed by atoms with Crippen LogP contribution in [0.3, 0.4) is 0 Å². The molecular formula is C13H25NO2S2. The third-order valence-electron chi connectivity index (χ3n) is 3.98. The second kappa shape index (κ2) is 7.27. The second-order valence-electron chi connectivity index (χ2n) is 5.22. The molecule has 106 valence electrons. The van der Waals surface area contributed by atoms with Crippen molar-refractivity contribution in [3.63, 3.8) is 0 Å². The molecule has 2 saturated heterocycles. The zero-order chi connectivity index (χ0) is 12.8. The van der Waals surface area contributed by atoms with Crippen molar-refractivity contribution in [2.45, 2.75) is 44.2 Å². The summed E-state index contributed by atoms with van der Waals surface area (Å²) in [6, 6.07) is 0.565. The van der Waals surface area contributed by atoms with Crippen LogP contribution in [-0.4, -0.2) is 52.0 Å². The van der Waals surface area contributed by atoms with Gasteiger partial charge in [0.2, 0.25) is 0 Å². The van der Waals surface area contributed by atoms with Gasteiger partial charge in [0, 0.05) is 41.5 Å². The summed E-state index contributed by atoms with van der Waals surface area (Å²) in [4.78, 5) is 0. The van der Waals surface area contributed by atoms with Gasteiger partial charge in [0.1, 0.15) is 0 Å². The van der Waals surface area contributed by atoms with E-state index in [1.54, 1.807) is 0 Å². The number of ether oxygens (including phenoxy) is 1. The lowest BCUT2D eigenvalue weighted by atomic mass is 9.85. The van der Waals surface area contributed by atoms with E-state index in [9.17, 15) is 4.21 Å². The Balaban J connectivity index is 1.74. The van der Waals surface area contributed by atoms with Crippen LogP contribution in [0.1, 0.15) is 32.6 Å². The monoisotopic (exact) mass is 291 g/mol. The molecule has 0 aromatic heterocycles. The zero-order valence-corrected chi connectivity index (χ0v) is 12.9. The number of hydrogen-bond donors (Lipinski definition) is 1. The molecule has 0 aromatic rings. The third-order valence-corrected chi connectivity index (χ3v) is 6.27. The maximum Gasteiger partial charge on any atom is 0.0713 e. The molecule has 2 fully saturated rings. The summed E-state index contributed by atoms with van der Waals surface area (Å²) >= 11 is 2.05. The molecule has 2 rings (SSSR count). The molecule has 0 aliphatic carbocycles. The first-order chi connectivity index (χ1) is 8.74. The predicted octanol–water partition coefficient (Wildman–Crippen LogP) is 1.79. The quantitative estimate of drug-likeness (QED) is 0.838. The van der Waals surface area contributed by atoms with Gasteiger partial charge in [-0.25, -0.2) is 0 Å². The average Bonchev–Trinajstić information content (AvgIpc) is 2.39. The normalized spacial score (nSPS) is 29.3. The summed E-state index contributed by atoms with van der Waals surface area (Å²) in [5.41, 5.74) is 0.158. The lowest BCUT2D eigenvalue weighted by Crippen LogP contribution is -2.49. The maximum atomic E-state index is 11.4. The summed E-state index contributed by atoms with van der Waals surface area (Å²) in [5.74, 6) is 4.05. The first-order valence-electron chi connectivity index (χ1n) is 7.04. The molecule has 2 unspecified atom stereocenters. The summed E-state index contributed by atoms with van der Waals surface area (Å²) in [5, 5.41) is 3.58. The minimum Gasteiger partial charge on any atom is -0.375 e. The van der Waals surface area contributed by atoms with E-state index in [2.05, 4.69) is 5.32 Å². The van der Waals surface area contributed by atoms with Crippen molar-refractivity contribution in [3.05, 3.63) is 0 Å². The summed E-state index contributed by atoms with van der Waals surface area (Å²) in [6.07, 6.45) is 4.66. The van der Waals surface area contributed by atoms with E-state index in [1.165, 1.54) is 24.3 Å². The van der Waals surface area contributed by atoms with Gasteiger partial charge < -0.3 is 10.1 Å². The Bertz CT molecular complexity index is 275. The molecule has 5 heteroatoms. The Morgan fingerprint density at radius 2 is 2.22 bits per heavy atom. The van der Waals surface area contributed by atoms with Crippen molar-refractivity contribution in [2.24, 2.45) is 0 Å². The van der Waals surface area contributed by atoms with Gasteiger partial charge in [-0.05, 0) is 37.2 Å². The van der Waals surface area contributed by atoms with Crippen LogP contribution in [0.15, 0.2) is 0 Å². The van der Waals surface area contributed by atoms with Crippen molar-refractivity contribution in [3.8, 4) is 0 Å².